The molecule has 2 unspecified atom stereocenters. The Hall–Kier alpha value is -4.39. The number of ether oxygens (including phenoxy) is 4. The number of thioether (sulfide) groups is 1. The van der Waals surface area contributed by atoms with E-state index in [4.69, 9.17) is 18.9 Å². The predicted molar refractivity (Wildman–Crippen MR) is 150 cm³/mol. The van der Waals surface area contributed by atoms with Crippen LogP contribution in [0.1, 0.15) is 5.56 Å². The molecule has 3 heterocycles. The summed E-state index contributed by atoms with van der Waals surface area (Å²) in [5.41, 5.74) is 1.40. The fraction of sp³-hybridized carbons (Fsp3) is 0.357. The zero-order valence-electron chi connectivity index (χ0n) is 22.6. The van der Waals surface area contributed by atoms with E-state index >= 15 is 0 Å². The molecular formula is C28H30N4O8S. The first-order valence-electron chi connectivity index (χ1n) is 13.0. The third-order valence-corrected chi connectivity index (χ3v) is 7.87. The van der Waals surface area contributed by atoms with Gasteiger partial charge in [0.15, 0.2) is 23.0 Å². The van der Waals surface area contributed by atoms with Gasteiger partial charge in [0.2, 0.25) is 17.7 Å². The topological polar surface area (TPSA) is 136 Å². The van der Waals surface area contributed by atoms with Gasteiger partial charge in [0.25, 0.3) is 0 Å². The number of hydrogen-bond acceptors (Lipinski definition) is 9. The van der Waals surface area contributed by atoms with Crippen LogP contribution in [-0.2, 0) is 20.8 Å². The van der Waals surface area contributed by atoms with Crippen molar-refractivity contribution >= 4 is 41.2 Å². The zero-order valence-corrected chi connectivity index (χ0v) is 23.4. The summed E-state index contributed by atoms with van der Waals surface area (Å²) in [6, 6.07) is 9.22. The SMILES string of the molecule is COc1ccc(CCNC(=O)CN2C(=O)C3SC=CC3N(CC(=O)Nc3ccc4c(c3)OCCO4)C2=O)cc1OC. The molecule has 0 bridgehead atoms. The van der Waals surface area contributed by atoms with E-state index in [1.165, 1.54) is 16.7 Å². The normalized spacial score (nSPS) is 19.1. The maximum absolute atomic E-state index is 13.4. The van der Waals surface area contributed by atoms with Gasteiger partial charge in [-0.25, -0.2) is 4.79 Å². The van der Waals surface area contributed by atoms with Gasteiger partial charge in [-0.1, -0.05) is 12.1 Å². The van der Waals surface area contributed by atoms with Crippen LogP contribution in [0.15, 0.2) is 47.9 Å². The van der Waals surface area contributed by atoms with Crippen molar-refractivity contribution < 1.29 is 38.1 Å². The second-order valence-electron chi connectivity index (χ2n) is 9.41. The number of fused-ring (bicyclic) bond motifs is 2. The smallest absolute Gasteiger partial charge is 0.328 e. The van der Waals surface area contributed by atoms with E-state index in [2.05, 4.69) is 10.6 Å². The summed E-state index contributed by atoms with van der Waals surface area (Å²) in [4.78, 5) is 54.4. The Labute approximate surface area is 240 Å². The minimum absolute atomic E-state index is 0.286. The van der Waals surface area contributed by atoms with Crippen LogP contribution in [0.5, 0.6) is 23.0 Å². The number of methoxy groups -OCH3 is 2. The number of hydrogen-bond donors (Lipinski definition) is 2. The molecule has 0 aliphatic carbocycles. The highest BCUT2D eigenvalue weighted by Gasteiger charge is 2.48. The standard InChI is InChI=1S/C28H30N4O8S/c1-37-20-5-3-17(13-22(20)38-2)7-9-29-24(33)15-32-27(35)26-19(8-12-41-26)31(28(32)36)16-25(34)30-18-4-6-21-23(14-18)40-11-10-39-21/h3-6,8,12-14,19,26H,7,9-11,15-16H2,1-2H3,(H,29,33)(H,30,34). The number of benzene rings is 2. The van der Waals surface area contributed by atoms with E-state index in [0.717, 1.165) is 10.5 Å². The monoisotopic (exact) mass is 582 g/mol. The van der Waals surface area contributed by atoms with Crippen molar-refractivity contribution in [1.82, 2.24) is 15.1 Å². The largest absolute Gasteiger partial charge is 0.493 e. The average Bonchev–Trinajstić information content (AvgIpc) is 3.47. The molecule has 0 aromatic heterocycles. The lowest BCUT2D eigenvalue weighted by Crippen LogP contribution is -2.64. The Morgan fingerprint density at radius 3 is 2.54 bits per heavy atom. The van der Waals surface area contributed by atoms with Crippen molar-refractivity contribution in [3.05, 3.63) is 53.4 Å². The number of nitrogens with one attached hydrogen (secondary N) is 2. The van der Waals surface area contributed by atoms with Gasteiger partial charge in [-0.15, -0.1) is 11.8 Å². The van der Waals surface area contributed by atoms with E-state index in [1.807, 2.05) is 12.1 Å². The summed E-state index contributed by atoms with van der Waals surface area (Å²) >= 11 is 1.26. The van der Waals surface area contributed by atoms with Crippen LogP contribution in [0.4, 0.5) is 10.5 Å². The molecule has 5 amide bonds. The molecule has 0 spiro atoms. The fourth-order valence-electron chi connectivity index (χ4n) is 4.77. The summed E-state index contributed by atoms with van der Waals surface area (Å²) in [6.45, 7) is 0.397. The molecule has 2 aromatic rings. The van der Waals surface area contributed by atoms with Crippen LogP contribution in [0.25, 0.3) is 0 Å². The lowest BCUT2D eigenvalue weighted by molar-refractivity contribution is -0.136. The quantitative estimate of drug-likeness (QED) is 0.431. The van der Waals surface area contributed by atoms with Crippen molar-refractivity contribution in [3.63, 3.8) is 0 Å². The van der Waals surface area contributed by atoms with Gasteiger partial charge in [0.05, 0.1) is 20.3 Å². The van der Waals surface area contributed by atoms with Crippen LogP contribution >= 0.6 is 11.8 Å². The second kappa shape index (κ2) is 12.4. The van der Waals surface area contributed by atoms with E-state index in [0.29, 0.717) is 48.3 Å². The Bertz CT molecular complexity index is 1380. The van der Waals surface area contributed by atoms with Gasteiger partial charge in [-0.3, -0.25) is 19.3 Å². The van der Waals surface area contributed by atoms with Gasteiger partial charge >= 0.3 is 6.03 Å². The summed E-state index contributed by atoms with van der Waals surface area (Å²) in [5, 5.41) is 6.63. The molecule has 2 atom stereocenters. The first kappa shape index (κ1) is 28.1. The van der Waals surface area contributed by atoms with Crippen LogP contribution in [0, 0.1) is 0 Å². The minimum atomic E-state index is -0.698. The molecule has 0 radical (unpaired) electrons. The molecule has 5 rings (SSSR count). The highest BCUT2D eigenvalue weighted by Crippen LogP contribution is 2.35. The maximum Gasteiger partial charge on any atom is 0.328 e. The Morgan fingerprint density at radius 2 is 1.76 bits per heavy atom. The first-order valence-corrected chi connectivity index (χ1v) is 13.9. The van der Waals surface area contributed by atoms with Crippen molar-refractivity contribution in [2.24, 2.45) is 0 Å². The molecule has 41 heavy (non-hydrogen) atoms. The molecule has 3 aliphatic rings. The highest BCUT2D eigenvalue weighted by molar-refractivity contribution is 8.03. The fourth-order valence-corrected chi connectivity index (χ4v) is 5.83. The summed E-state index contributed by atoms with van der Waals surface area (Å²) in [5.74, 6) is 0.893. The molecular weight excluding hydrogens is 552 g/mol. The second-order valence-corrected chi connectivity index (χ2v) is 10.5. The molecule has 1 saturated heterocycles. The number of carbonyl (C=O) groups is 4. The number of urea groups is 1. The van der Waals surface area contributed by atoms with Crippen LogP contribution < -0.4 is 29.6 Å². The summed E-state index contributed by atoms with van der Waals surface area (Å²) in [6.07, 6.45) is 2.23. The number of rotatable bonds is 10. The number of anilines is 1. The molecule has 13 heteroatoms. The Balaban J connectivity index is 1.19. The van der Waals surface area contributed by atoms with E-state index in [1.54, 1.807) is 50.0 Å². The number of nitrogens with zero attached hydrogens (tertiary/aromatic N) is 2. The molecule has 2 N–H and O–H groups in total. The molecule has 1 fully saturated rings. The third-order valence-electron chi connectivity index (χ3n) is 6.78. The molecule has 12 nitrogen and oxygen atoms in total. The van der Waals surface area contributed by atoms with Crippen molar-refractivity contribution in [1.29, 1.82) is 0 Å². The number of carbonyl (C=O) groups excluding carboxylic acids is 4. The molecule has 0 saturated carbocycles. The maximum atomic E-state index is 13.4. The van der Waals surface area contributed by atoms with E-state index < -0.39 is 41.6 Å². The van der Waals surface area contributed by atoms with Gasteiger partial charge < -0.3 is 34.5 Å². The number of imide groups is 1. The van der Waals surface area contributed by atoms with Gasteiger partial charge in [-0.05, 0) is 41.7 Å². The first-order chi connectivity index (χ1) is 19.9. The molecule has 3 aliphatic heterocycles. The van der Waals surface area contributed by atoms with Crippen molar-refractivity contribution in [2.75, 3.05) is 52.4 Å². The van der Waals surface area contributed by atoms with E-state index in [-0.39, 0.29) is 13.1 Å². The lowest BCUT2D eigenvalue weighted by Gasteiger charge is -2.40. The lowest BCUT2D eigenvalue weighted by atomic mass is 10.1. The third kappa shape index (κ3) is 6.19. The van der Waals surface area contributed by atoms with Crippen molar-refractivity contribution in [3.8, 4) is 23.0 Å². The van der Waals surface area contributed by atoms with Gasteiger partial charge in [0.1, 0.15) is 31.6 Å². The summed E-state index contributed by atoms with van der Waals surface area (Å²) < 4.78 is 21.6. The molecule has 216 valence electrons. The summed E-state index contributed by atoms with van der Waals surface area (Å²) in [7, 11) is 3.10. The number of amides is 5. The Morgan fingerprint density at radius 1 is 0.976 bits per heavy atom. The predicted octanol–water partition coefficient (Wildman–Crippen LogP) is 2.03. The van der Waals surface area contributed by atoms with Crippen molar-refractivity contribution in [2.45, 2.75) is 17.7 Å². The zero-order chi connectivity index (χ0) is 28.9. The van der Waals surface area contributed by atoms with Crippen LogP contribution in [0.2, 0.25) is 0 Å². The van der Waals surface area contributed by atoms with Gasteiger partial charge in [-0.2, -0.15) is 0 Å². The van der Waals surface area contributed by atoms with Crippen LogP contribution in [-0.4, -0.2) is 91.9 Å². The van der Waals surface area contributed by atoms with Gasteiger partial charge in [0, 0.05) is 18.3 Å². The molecule has 2 aromatic carbocycles. The van der Waals surface area contributed by atoms with Crippen LogP contribution in [0.3, 0.4) is 0 Å². The average molecular weight is 583 g/mol. The highest BCUT2D eigenvalue weighted by atomic mass is 32.2. The van der Waals surface area contributed by atoms with E-state index in [9.17, 15) is 19.2 Å². The minimum Gasteiger partial charge on any atom is -0.493 e. The Kier molecular flexibility index (Phi) is 8.53.